The summed E-state index contributed by atoms with van der Waals surface area (Å²) in [6.45, 7) is 6.01. The van der Waals surface area contributed by atoms with E-state index in [-0.39, 0.29) is 12.5 Å². The second-order valence-electron chi connectivity index (χ2n) is 5.77. The molecule has 1 amide bonds. The molecule has 0 aliphatic heterocycles. The molecule has 5 nitrogen and oxygen atoms in total. The second kappa shape index (κ2) is 6.91. The topological polar surface area (TPSA) is 72.9 Å². The highest BCUT2D eigenvalue weighted by Gasteiger charge is 2.33. The number of amides is 1. The lowest BCUT2D eigenvalue weighted by Gasteiger charge is -2.28. The van der Waals surface area contributed by atoms with Crippen LogP contribution in [0.3, 0.4) is 0 Å². The molecule has 6 heteroatoms. The molecule has 124 valence electrons. The fourth-order valence-corrected chi connectivity index (χ4v) is 2.53. The van der Waals surface area contributed by atoms with Crippen molar-refractivity contribution in [2.75, 3.05) is 11.9 Å². The van der Waals surface area contributed by atoms with E-state index < -0.39 is 11.2 Å². The van der Waals surface area contributed by atoms with Crippen LogP contribution in [0.1, 0.15) is 32.3 Å². The predicted octanol–water partition coefficient (Wildman–Crippen LogP) is 3.02. The van der Waals surface area contributed by atoms with Crippen molar-refractivity contribution in [3.05, 3.63) is 42.0 Å². The summed E-state index contributed by atoms with van der Waals surface area (Å²) < 4.78 is 15.8. The number of aryl methyl sites for hydroxylation is 1. The first-order valence-corrected chi connectivity index (χ1v) is 7.78. The molecule has 0 unspecified atom stereocenters. The Morgan fingerprint density at radius 3 is 2.57 bits per heavy atom. The number of nitrogens with one attached hydrogen (secondary N) is 1. The number of carbonyl (C=O) groups excluding carboxylic acids is 1. The van der Waals surface area contributed by atoms with Gasteiger partial charge in [-0.3, -0.25) is 4.79 Å². The molecule has 3 N–H and O–H groups in total. The molecule has 0 spiro atoms. The van der Waals surface area contributed by atoms with Crippen LogP contribution in [0.2, 0.25) is 0 Å². The fraction of sp³-hybridized carbons (Fsp3) is 0.412. The number of anilines is 1. The number of rotatable bonds is 6. The third-order valence-corrected chi connectivity index (χ3v) is 4.39. The van der Waals surface area contributed by atoms with Crippen molar-refractivity contribution in [3.63, 3.8) is 0 Å². The molecule has 0 fully saturated rings. The van der Waals surface area contributed by atoms with Crippen LogP contribution in [0.4, 0.5) is 10.1 Å². The van der Waals surface area contributed by atoms with Crippen molar-refractivity contribution < 1.29 is 9.18 Å². The van der Waals surface area contributed by atoms with E-state index in [1.165, 1.54) is 10.7 Å². The molecule has 2 aromatic rings. The summed E-state index contributed by atoms with van der Waals surface area (Å²) >= 11 is 0. The number of hydrogen-bond donors (Lipinski definition) is 2. The monoisotopic (exact) mass is 318 g/mol. The van der Waals surface area contributed by atoms with Crippen molar-refractivity contribution in [1.29, 1.82) is 0 Å². The number of aromatic nitrogens is 2. The summed E-state index contributed by atoms with van der Waals surface area (Å²) in [5.41, 5.74) is 6.85. The molecule has 0 aliphatic carbocycles. The van der Waals surface area contributed by atoms with Crippen LogP contribution >= 0.6 is 0 Å². The summed E-state index contributed by atoms with van der Waals surface area (Å²) in [5, 5.41) is 6.86. The van der Waals surface area contributed by atoms with Gasteiger partial charge >= 0.3 is 0 Å². The minimum Gasteiger partial charge on any atom is -0.329 e. The molecule has 0 saturated carbocycles. The fourth-order valence-electron chi connectivity index (χ4n) is 2.53. The van der Waals surface area contributed by atoms with Crippen molar-refractivity contribution in [3.8, 4) is 5.69 Å². The summed E-state index contributed by atoms with van der Waals surface area (Å²) in [7, 11) is 0. The maximum absolute atomic E-state index is 14.3. The Labute approximate surface area is 135 Å². The molecule has 1 aromatic carbocycles. The molecule has 0 radical (unpaired) electrons. The standard InChI is InChI=1S/C17H23FN4O/c1-4-17(5-2,11-19)16(23)21-13-6-7-15(14(18)8-13)22-10-12(3)9-20-22/h6-10H,4-5,11,19H2,1-3H3,(H,21,23). The van der Waals surface area contributed by atoms with E-state index in [1.807, 2.05) is 20.8 Å². The Balaban J connectivity index is 2.22. The largest absolute Gasteiger partial charge is 0.329 e. The zero-order valence-corrected chi connectivity index (χ0v) is 13.8. The van der Waals surface area contributed by atoms with Gasteiger partial charge in [0.2, 0.25) is 5.91 Å². The first-order chi connectivity index (χ1) is 11.0. The first kappa shape index (κ1) is 17.1. The predicted molar refractivity (Wildman–Crippen MR) is 89.0 cm³/mol. The lowest BCUT2D eigenvalue weighted by atomic mass is 9.81. The van der Waals surface area contributed by atoms with Gasteiger partial charge < -0.3 is 11.1 Å². The van der Waals surface area contributed by atoms with E-state index in [0.717, 1.165) is 5.56 Å². The Hall–Kier alpha value is -2.21. The van der Waals surface area contributed by atoms with Crippen LogP contribution in [0.5, 0.6) is 0 Å². The van der Waals surface area contributed by atoms with E-state index in [1.54, 1.807) is 24.5 Å². The van der Waals surface area contributed by atoms with E-state index >= 15 is 0 Å². The molecule has 2 rings (SSSR count). The van der Waals surface area contributed by atoms with Gasteiger partial charge in [0.1, 0.15) is 5.69 Å². The maximum atomic E-state index is 14.3. The van der Waals surface area contributed by atoms with Crippen LogP contribution < -0.4 is 11.1 Å². The van der Waals surface area contributed by atoms with Gasteiger partial charge in [-0.25, -0.2) is 9.07 Å². The van der Waals surface area contributed by atoms with Crippen molar-refractivity contribution in [2.24, 2.45) is 11.1 Å². The molecular formula is C17H23FN4O. The van der Waals surface area contributed by atoms with Gasteiger partial charge in [-0.05, 0) is 43.5 Å². The van der Waals surface area contributed by atoms with Crippen LogP contribution in [0, 0.1) is 18.2 Å². The van der Waals surface area contributed by atoms with Crippen LogP contribution in [-0.4, -0.2) is 22.2 Å². The number of hydrogen-bond acceptors (Lipinski definition) is 3. The lowest BCUT2D eigenvalue weighted by Crippen LogP contribution is -2.41. The minimum absolute atomic E-state index is 0.174. The van der Waals surface area contributed by atoms with E-state index in [9.17, 15) is 9.18 Å². The zero-order chi connectivity index (χ0) is 17.0. The van der Waals surface area contributed by atoms with E-state index in [2.05, 4.69) is 10.4 Å². The number of nitrogens with zero attached hydrogens (tertiary/aromatic N) is 2. The summed E-state index contributed by atoms with van der Waals surface area (Å²) in [6.07, 6.45) is 4.68. The van der Waals surface area contributed by atoms with Gasteiger partial charge in [-0.1, -0.05) is 13.8 Å². The van der Waals surface area contributed by atoms with Gasteiger partial charge in [-0.2, -0.15) is 5.10 Å². The van der Waals surface area contributed by atoms with Crippen molar-refractivity contribution >= 4 is 11.6 Å². The second-order valence-corrected chi connectivity index (χ2v) is 5.77. The summed E-state index contributed by atoms with van der Waals surface area (Å²) in [6, 6.07) is 4.57. The van der Waals surface area contributed by atoms with Gasteiger partial charge in [-0.15, -0.1) is 0 Å². The molecule has 1 heterocycles. The molecule has 0 atom stereocenters. The normalized spacial score (nSPS) is 11.5. The van der Waals surface area contributed by atoms with Gasteiger partial charge in [0.05, 0.1) is 11.6 Å². The minimum atomic E-state index is -0.617. The zero-order valence-electron chi connectivity index (χ0n) is 13.8. The smallest absolute Gasteiger partial charge is 0.231 e. The van der Waals surface area contributed by atoms with Gasteiger partial charge in [0.15, 0.2) is 5.82 Å². The first-order valence-electron chi connectivity index (χ1n) is 7.78. The highest BCUT2D eigenvalue weighted by Crippen LogP contribution is 2.27. The number of nitrogens with two attached hydrogens (primary N) is 1. The molecular weight excluding hydrogens is 295 g/mol. The van der Waals surface area contributed by atoms with Crippen molar-refractivity contribution in [1.82, 2.24) is 9.78 Å². The Morgan fingerprint density at radius 2 is 2.09 bits per heavy atom. The number of carbonyl (C=O) groups is 1. The molecule has 0 bridgehead atoms. The Bertz CT molecular complexity index is 683. The summed E-state index contributed by atoms with van der Waals surface area (Å²) in [5.74, 6) is -0.621. The third kappa shape index (κ3) is 3.42. The van der Waals surface area contributed by atoms with Gasteiger partial charge in [0.25, 0.3) is 0 Å². The average molecular weight is 318 g/mol. The average Bonchev–Trinajstić information content (AvgIpc) is 2.96. The van der Waals surface area contributed by atoms with Crippen LogP contribution in [0.15, 0.2) is 30.6 Å². The van der Waals surface area contributed by atoms with Crippen molar-refractivity contribution in [2.45, 2.75) is 33.6 Å². The SMILES string of the molecule is CCC(CC)(CN)C(=O)Nc1ccc(-n2cc(C)cn2)c(F)c1. The summed E-state index contributed by atoms with van der Waals surface area (Å²) in [4.78, 5) is 12.5. The quantitative estimate of drug-likeness (QED) is 0.860. The highest BCUT2D eigenvalue weighted by atomic mass is 19.1. The molecule has 1 aromatic heterocycles. The maximum Gasteiger partial charge on any atom is 0.231 e. The van der Waals surface area contributed by atoms with E-state index in [4.69, 9.17) is 5.73 Å². The lowest BCUT2D eigenvalue weighted by molar-refractivity contribution is -0.125. The van der Waals surface area contributed by atoms with Crippen LogP contribution in [-0.2, 0) is 4.79 Å². The number of benzene rings is 1. The third-order valence-electron chi connectivity index (χ3n) is 4.39. The van der Waals surface area contributed by atoms with Crippen LogP contribution in [0.25, 0.3) is 5.69 Å². The highest BCUT2D eigenvalue weighted by molar-refractivity contribution is 5.95. The number of halogens is 1. The molecule has 0 aliphatic rings. The molecule has 0 saturated heterocycles. The molecule has 23 heavy (non-hydrogen) atoms. The van der Waals surface area contributed by atoms with E-state index in [0.29, 0.717) is 24.2 Å². The van der Waals surface area contributed by atoms with Gasteiger partial charge in [0, 0.05) is 18.4 Å². The Morgan fingerprint density at radius 1 is 1.39 bits per heavy atom. The Kier molecular flexibility index (Phi) is 5.15.